The van der Waals surface area contributed by atoms with E-state index in [1.54, 1.807) is 0 Å². The largest absolute Gasteiger partial charge is 0.465 e. The third-order valence-corrected chi connectivity index (χ3v) is 4.38. The molecule has 2 N–H and O–H groups in total. The lowest BCUT2D eigenvalue weighted by atomic mass is 9.86. The Balaban J connectivity index is 1.64. The molecule has 0 spiro atoms. The van der Waals surface area contributed by atoms with Gasteiger partial charge in [-0.05, 0) is 12.3 Å². The van der Waals surface area contributed by atoms with Gasteiger partial charge in [-0.3, -0.25) is 9.69 Å². The van der Waals surface area contributed by atoms with E-state index in [1.165, 1.54) is 43.4 Å². The maximum Gasteiger partial charge on any atom is 0.408 e. The highest BCUT2D eigenvalue weighted by atomic mass is 16.4. The van der Waals surface area contributed by atoms with Crippen molar-refractivity contribution in [2.75, 3.05) is 13.1 Å². The van der Waals surface area contributed by atoms with Gasteiger partial charge in [0.1, 0.15) is 6.04 Å². The van der Waals surface area contributed by atoms with Gasteiger partial charge in [0.05, 0.1) is 0 Å². The summed E-state index contributed by atoms with van der Waals surface area (Å²) in [5.41, 5.74) is 0. The SMILES string of the molecule is O=C1NC[C@H]1N(CCCCC1CCCCC1)C(=O)O. The number of carbonyl (C=O) groups excluding carboxylic acids is 1. The molecule has 2 aliphatic rings. The zero-order valence-corrected chi connectivity index (χ0v) is 11.4. The van der Waals surface area contributed by atoms with Crippen LogP contribution in [0.4, 0.5) is 4.79 Å². The lowest BCUT2D eigenvalue weighted by Crippen LogP contribution is -2.63. The maximum absolute atomic E-state index is 11.2. The number of hydrogen-bond donors (Lipinski definition) is 2. The Hall–Kier alpha value is -1.26. The van der Waals surface area contributed by atoms with Gasteiger partial charge >= 0.3 is 6.09 Å². The van der Waals surface area contributed by atoms with Crippen molar-refractivity contribution in [3.05, 3.63) is 0 Å². The molecule has 0 aromatic carbocycles. The molecule has 0 aromatic rings. The first kappa shape index (κ1) is 14.2. The highest BCUT2D eigenvalue weighted by Gasteiger charge is 2.36. The van der Waals surface area contributed by atoms with Crippen LogP contribution in [-0.4, -0.2) is 41.1 Å². The van der Waals surface area contributed by atoms with Crippen LogP contribution in [-0.2, 0) is 4.79 Å². The average molecular weight is 268 g/mol. The first-order valence-corrected chi connectivity index (χ1v) is 7.46. The molecule has 2 rings (SSSR count). The van der Waals surface area contributed by atoms with Crippen LogP contribution in [0.25, 0.3) is 0 Å². The van der Waals surface area contributed by atoms with Crippen molar-refractivity contribution in [1.29, 1.82) is 0 Å². The Morgan fingerprint density at radius 3 is 2.53 bits per heavy atom. The zero-order chi connectivity index (χ0) is 13.7. The first-order chi connectivity index (χ1) is 9.18. The van der Waals surface area contributed by atoms with E-state index < -0.39 is 12.1 Å². The van der Waals surface area contributed by atoms with Gasteiger partial charge in [0.25, 0.3) is 0 Å². The fraction of sp³-hybridized carbons (Fsp3) is 0.857. The average Bonchev–Trinajstić information content (AvgIpc) is 2.41. The molecular weight excluding hydrogens is 244 g/mol. The summed E-state index contributed by atoms with van der Waals surface area (Å²) < 4.78 is 0. The van der Waals surface area contributed by atoms with Gasteiger partial charge in [-0.1, -0.05) is 44.9 Å². The van der Waals surface area contributed by atoms with Gasteiger partial charge in [0.15, 0.2) is 0 Å². The van der Waals surface area contributed by atoms with E-state index in [9.17, 15) is 9.59 Å². The molecule has 2 fully saturated rings. The van der Waals surface area contributed by atoms with Crippen LogP contribution in [0.15, 0.2) is 0 Å². The normalized spacial score (nSPS) is 23.6. The lowest BCUT2D eigenvalue weighted by Gasteiger charge is -2.35. The number of carbonyl (C=O) groups is 2. The minimum Gasteiger partial charge on any atom is -0.465 e. The summed E-state index contributed by atoms with van der Waals surface area (Å²) in [7, 11) is 0. The van der Waals surface area contributed by atoms with Gasteiger partial charge < -0.3 is 10.4 Å². The van der Waals surface area contributed by atoms with Crippen LogP contribution < -0.4 is 5.32 Å². The molecule has 1 aliphatic heterocycles. The summed E-state index contributed by atoms with van der Waals surface area (Å²) >= 11 is 0. The Bertz CT molecular complexity index is 327. The summed E-state index contributed by atoms with van der Waals surface area (Å²) in [5.74, 6) is 0.689. The number of β-lactam (4-membered cyclic amide) rings is 1. The minimum absolute atomic E-state index is 0.158. The number of amides is 2. The van der Waals surface area contributed by atoms with Gasteiger partial charge in [-0.2, -0.15) is 0 Å². The van der Waals surface area contributed by atoms with Crippen molar-refractivity contribution in [1.82, 2.24) is 10.2 Å². The topological polar surface area (TPSA) is 69.6 Å². The summed E-state index contributed by atoms with van der Waals surface area (Å²) in [6.45, 7) is 0.952. The van der Waals surface area contributed by atoms with E-state index in [0.717, 1.165) is 18.8 Å². The third kappa shape index (κ3) is 3.85. The molecular formula is C14H24N2O3. The Kier molecular flexibility index (Phi) is 5.05. The zero-order valence-electron chi connectivity index (χ0n) is 11.4. The van der Waals surface area contributed by atoms with Crippen molar-refractivity contribution in [3.63, 3.8) is 0 Å². The second kappa shape index (κ2) is 6.78. The van der Waals surface area contributed by atoms with Crippen molar-refractivity contribution < 1.29 is 14.7 Å². The summed E-state index contributed by atoms with van der Waals surface area (Å²) in [5, 5.41) is 11.7. The molecule has 0 radical (unpaired) electrons. The molecule has 5 nitrogen and oxygen atoms in total. The molecule has 1 aliphatic carbocycles. The molecule has 0 unspecified atom stereocenters. The second-order valence-electron chi connectivity index (χ2n) is 5.74. The quantitative estimate of drug-likeness (QED) is 0.573. The highest BCUT2D eigenvalue weighted by molar-refractivity contribution is 5.90. The summed E-state index contributed by atoms with van der Waals surface area (Å²) in [6, 6.07) is -0.452. The Morgan fingerprint density at radius 1 is 1.26 bits per heavy atom. The monoisotopic (exact) mass is 268 g/mol. The van der Waals surface area contributed by atoms with E-state index in [1.807, 2.05) is 0 Å². The summed E-state index contributed by atoms with van der Waals surface area (Å²) in [6.07, 6.45) is 8.95. The predicted octanol–water partition coefficient (Wildman–Crippen LogP) is 2.22. The van der Waals surface area contributed by atoms with E-state index >= 15 is 0 Å². The van der Waals surface area contributed by atoms with E-state index in [2.05, 4.69) is 5.32 Å². The summed E-state index contributed by atoms with van der Waals surface area (Å²) in [4.78, 5) is 23.7. The predicted molar refractivity (Wildman–Crippen MR) is 72.0 cm³/mol. The maximum atomic E-state index is 11.2. The van der Waals surface area contributed by atoms with Crippen LogP contribution in [0, 0.1) is 5.92 Å². The van der Waals surface area contributed by atoms with Gasteiger partial charge in [-0.15, -0.1) is 0 Å². The van der Waals surface area contributed by atoms with E-state index in [4.69, 9.17) is 5.11 Å². The number of nitrogens with one attached hydrogen (secondary N) is 1. The lowest BCUT2D eigenvalue weighted by molar-refractivity contribution is -0.132. The van der Waals surface area contributed by atoms with Crippen molar-refractivity contribution in [3.8, 4) is 0 Å². The molecule has 0 bridgehead atoms. The fourth-order valence-corrected chi connectivity index (χ4v) is 3.10. The smallest absolute Gasteiger partial charge is 0.408 e. The molecule has 0 aromatic heterocycles. The molecule has 1 saturated carbocycles. The Morgan fingerprint density at radius 2 is 2.00 bits per heavy atom. The molecule has 1 atom stereocenters. The van der Waals surface area contributed by atoms with Crippen LogP contribution >= 0.6 is 0 Å². The molecule has 1 heterocycles. The van der Waals surface area contributed by atoms with Crippen LogP contribution in [0.2, 0.25) is 0 Å². The van der Waals surface area contributed by atoms with Crippen molar-refractivity contribution in [2.24, 2.45) is 5.92 Å². The molecule has 19 heavy (non-hydrogen) atoms. The van der Waals surface area contributed by atoms with E-state index in [-0.39, 0.29) is 5.91 Å². The van der Waals surface area contributed by atoms with Crippen LogP contribution in [0.5, 0.6) is 0 Å². The molecule has 2 amide bonds. The highest BCUT2D eigenvalue weighted by Crippen LogP contribution is 2.27. The first-order valence-electron chi connectivity index (χ1n) is 7.46. The Labute approximate surface area is 114 Å². The van der Waals surface area contributed by atoms with Gasteiger partial charge in [0.2, 0.25) is 5.91 Å². The number of unbranched alkanes of at least 4 members (excludes halogenated alkanes) is 1. The molecule has 1 saturated heterocycles. The third-order valence-electron chi connectivity index (χ3n) is 4.38. The fourth-order valence-electron chi connectivity index (χ4n) is 3.10. The number of nitrogens with zero attached hydrogens (tertiary/aromatic N) is 1. The van der Waals surface area contributed by atoms with Crippen LogP contribution in [0.3, 0.4) is 0 Å². The molecule has 5 heteroatoms. The second-order valence-corrected chi connectivity index (χ2v) is 5.74. The standard InChI is InChI=1S/C14H24N2O3/c17-13-12(10-15-13)16(14(18)19)9-5-4-8-11-6-2-1-3-7-11/h11-12H,1-10H2,(H,15,17)(H,18,19)/t12-/m1/s1. The molecule has 108 valence electrons. The minimum atomic E-state index is -0.975. The number of hydrogen-bond acceptors (Lipinski definition) is 2. The van der Waals surface area contributed by atoms with Gasteiger partial charge in [-0.25, -0.2) is 4.79 Å². The van der Waals surface area contributed by atoms with Crippen molar-refractivity contribution >= 4 is 12.0 Å². The number of rotatable bonds is 6. The van der Waals surface area contributed by atoms with Gasteiger partial charge in [0, 0.05) is 13.1 Å². The number of carboxylic acid groups (broad SMARTS) is 1. The van der Waals surface area contributed by atoms with E-state index in [0.29, 0.717) is 13.1 Å². The van der Waals surface area contributed by atoms with Crippen LogP contribution in [0.1, 0.15) is 51.4 Å². The van der Waals surface area contributed by atoms with Crippen molar-refractivity contribution in [2.45, 2.75) is 57.4 Å².